The van der Waals surface area contributed by atoms with Crippen molar-refractivity contribution in [2.75, 3.05) is 6.54 Å². The predicted molar refractivity (Wildman–Crippen MR) is 78.9 cm³/mol. The van der Waals surface area contributed by atoms with Gasteiger partial charge >= 0.3 is 0 Å². The van der Waals surface area contributed by atoms with Gasteiger partial charge in [-0.25, -0.2) is 8.42 Å². The minimum Gasteiger partial charge on any atom is -0.409 e. The van der Waals surface area contributed by atoms with Gasteiger partial charge in [-0.1, -0.05) is 28.4 Å². The lowest BCUT2D eigenvalue weighted by molar-refractivity contribution is 0.312. The molecule has 0 aliphatic rings. The predicted octanol–water partition coefficient (Wildman–Crippen LogP) is 2.14. The molecule has 0 fully saturated rings. The zero-order chi connectivity index (χ0) is 15.5. The zero-order valence-electron chi connectivity index (χ0n) is 10.9. The molecule has 1 rings (SSSR count). The number of hydrogen-bond acceptors (Lipinski definition) is 4. The van der Waals surface area contributed by atoms with E-state index in [9.17, 15) is 8.42 Å². The normalized spacial score (nSPS) is 13.2. The minimum atomic E-state index is -3.86. The molecule has 1 aromatic rings. The quantitative estimate of drug-likeness (QED) is 0.371. The molecule has 0 bridgehead atoms. The Balaban J connectivity index is 3.29. The van der Waals surface area contributed by atoms with Crippen LogP contribution in [0.4, 0.5) is 0 Å². The first-order chi connectivity index (χ1) is 9.18. The number of sulfonamides is 1. The van der Waals surface area contributed by atoms with Crippen molar-refractivity contribution >= 4 is 39.1 Å². The fourth-order valence-electron chi connectivity index (χ4n) is 1.55. The third-order valence-electron chi connectivity index (χ3n) is 2.46. The molecule has 0 radical (unpaired) electrons. The van der Waals surface area contributed by atoms with Crippen LogP contribution >= 0.6 is 23.2 Å². The maximum absolute atomic E-state index is 12.5. The molecule has 112 valence electrons. The molecule has 0 unspecified atom stereocenters. The van der Waals surface area contributed by atoms with Crippen LogP contribution in [-0.4, -0.2) is 36.4 Å². The Kier molecular flexibility index (Phi) is 5.64. The summed E-state index contributed by atoms with van der Waals surface area (Å²) in [6, 6.07) is 3.64. The average molecular weight is 340 g/mol. The number of oxime groups is 1. The van der Waals surface area contributed by atoms with Crippen LogP contribution in [0.5, 0.6) is 0 Å². The van der Waals surface area contributed by atoms with E-state index in [2.05, 4.69) is 5.16 Å². The molecule has 0 aromatic heterocycles. The largest absolute Gasteiger partial charge is 0.409 e. The van der Waals surface area contributed by atoms with Crippen molar-refractivity contribution in [2.45, 2.75) is 24.8 Å². The maximum atomic E-state index is 12.5. The first-order valence-corrected chi connectivity index (χ1v) is 7.82. The summed E-state index contributed by atoms with van der Waals surface area (Å²) >= 11 is 11.6. The molecule has 6 nitrogen and oxygen atoms in total. The van der Waals surface area contributed by atoms with Gasteiger partial charge in [0.1, 0.15) is 0 Å². The molecule has 3 N–H and O–H groups in total. The number of nitrogens with two attached hydrogens (primary N) is 1. The molecule has 0 spiro atoms. The Bertz CT molecular complexity index is 597. The van der Waals surface area contributed by atoms with Gasteiger partial charge in [-0.05, 0) is 32.0 Å². The van der Waals surface area contributed by atoms with E-state index in [4.69, 9.17) is 34.1 Å². The van der Waals surface area contributed by atoms with Crippen LogP contribution in [-0.2, 0) is 10.0 Å². The van der Waals surface area contributed by atoms with Gasteiger partial charge in [-0.15, -0.1) is 0 Å². The van der Waals surface area contributed by atoms with Gasteiger partial charge in [0, 0.05) is 16.1 Å². The Morgan fingerprint density at radius 3 is 2.25 bits per heavy atom. The minimum absolute atomic E-state index is 0.0468. The van der Waals surface area contributed by atoms with E-state index in [-0.39, 0.29) is 27.3 Å². The number of hydrogen-bond donors (Lipinski definition) is 2. The highest BCUT2D eigenvalue weighted by molar-refractivity contribution is 7.89. The number of rotatable bonds is 5. The molecular formula is C11H15Cl2N3O3S. The van der Waals surface area contributed by atoms with Gasteiger partial charge in [-0.3, -0.25) is 0 Å². The Labute approximate surface area is 127 Å². The standard InChI is InChI=1S/C11H15Cl2N3O3S/c1-7(2)16(6-11(14)15-17)20(18,19)10-4-8(12)3-9(13)5-10/h3-5,7,17H,6H2,1-2H3,(H2,14,15). The maximum Gasteiger partial charge on any atom is 0.243 e. The molecule has 20 heavy (non-hydrogen) atoms. The SMILES string of the molecule is CC(C)N(CC(N)=NO)S(=O)(=O)c1cc(Cl)cc(Cl)c1. The molecule has 0 aliphatic heterocycles. The topological polar surface area (TPSA) is 96.0 Å². The lowest BCUT2D eigenvalue weighted by Crippen LogP contribution is -2.42. The van der Waals surface area contributed by atoms with Gasteiger partial charge in [0.25, 0.3) is 0 Å². The van der Waals surface area contributed by atoms with Gasteiger partial charge in [0.2, 0.25) is 10.0 Å². The molecule has 0 heterocycles. The van der Waals surface area contributed by atoms with Crippen LogP contribution in [0, 0.1) is 0 Å². The molecule has 1 aromatic carbocycles. The summed E-state index contributed by atoms with van der Waals surface area (Å²) < 4.78 is 26.2. The molecule has 0 aliphatic carbocycles. The Morgan fingerprint density at radius 2 is 1.85 bits per heavy atom. The summed E-state index contributed by atoms with van der Waals surface area (Å²) in [4.78, 5) is -0.0468. The molecule has 0 saturated carbocycles. The van der Waals surface area contributed by atoms with Crippen molar-refractivity contribution in [3.05, 3.63) is 28.2 Å². The van der Waals surface area contributed by atoms with Crippen LogP contribution in [0.25, 0.3) is 0 Å². The molecular weight excluding hydrogens is 325 g/mol. The molecule has 0 amide bonds. The summed E-state index contributed by atoms with van der Waals surface area (Å²) in [6.45, 7) is 3.11. The zero-order valence-corrected chi connectivity index (χ0v) is 13.2. The third kappa shape index (κ3) is 3.99. The molecule has 9 heteroatoms. The number of amidine groups is 1. The van der Waals surface area contributed by atoms with E-state index < -0.39 is 16.1 Å². The Hall–Kier alpha value is -1.02. The van der Waals surface area contributed by atoms with Crippen molar-refractivity contribution in [3.63, 3.8) is 0 Å². The lowest BCUT2D eigenvalue weighted by atomic mass is 10.4. The lowest BCUT2D eigenvalue weighted by Gasteiger charge is -2.25. The number of benzene rings is 1. The first-order valence-electron chi connectivity index (χ1n) is 5.63. The van der Waals surface area contributed by atoms with Crippen LogP contribution < -0.4 is 5.73 Å². The van der Waals surface area contributed by atoms with E-state index in [1.807, 2.05) is 0 Å². The van der Waals surface area contributed by atoms with E-state index in [1.165, 1.54) is 18.2 Å². The monoisotopic (exact) mass is 339 g/mol. The highest BCUT2D eigenvalue weighted by Crippen LogP contribution is 2.25. The molecule has 0 atom stereocenters. The van der Waals surface area contributed by atoms with E-state index in [0.717, 1.165) is 4.31 Å². The first kappa shape index (κ1) is 17.0. The van der Waals surface area contributed by atoms with E-state index in [0.29, 0.717) is 0 Å². The third-order valence-corrected chi connectivity index (χ3v) is 4.90. The average Bonchev–Trinajstić information content (AvgIpc) is 2.33. The summed E-state index contributed by atoms with van der Waals surface area (Å²) in [5.41, 5.74) is 5.39. The highest BCUT2D eigenvalue weighted by atomic mass is 35.5. The second-order valence-corrected chi connectivity index (χ2v) is 7.10. The van der Waals surface area contributed by atoms with Gasteiger partial charge < -0.3 is 10.9 Å². The summed E-state index contributed by atoms with van der Waals surface area (Å²) in [5.74, 6) is -0.213. The van der Waals surface area contributed by atoms with Crippen LogP contribution in [0.2, 0.25) is 10.0 Å². The van der Waals surface area contributed by atoms with Gasteiger partial charge in [0.15, 0.2) is 5.84 Å². The number of halogens is 2. The molecule has 0 saturated heterocycles. The van der Waals surface area contributed by atoms with Gasteiger partial charge in [-0.2, -0.15) is 4.31 Å². The van der Waals surface area contributed by atoms with Gasteiger partial charge in [0.05, 0.1) is 11.4 Å². The van der Waals surface area contributed by atoms with Crippen LogP contribution in [0.1, 0.15) is 13.8 Å². The summed E-state index contributed by atoms with van der Waals surface area (Å²) in [7, 11) is -3.86. The van der Waals surface area contributed by atoms with Crippen LogP contribution in [0.15, 0.2) is 28.3 Å². The van der Waals surface area contributed by atoms with Crippen molar-refractivity contribution in [1.82, 2.24) is 4.31 Å². The fraction of sp³-hybridized carbons (Fsp3) is 0.364. The van der Waals surface area contributed by atoms with Crippen LogP contribution in [0.3, 0.4) is 0 Å². The van der Waals surface area contributed by atoms with E-state index >= 15 is 0 Å². The smallest absolute Gasteiger partial charge is 0.243 e. The van der Waals surface area contributed by atoms with E-state index in [1.54, 1.807) is 13.8 Å². The Morgan fingerprint density at radius 1 is 1.35 bits per heavy atom. The highest BCUT2D eigenvalue weighted by Gasteiger charge is 2.28. The van der Waals surface area contributed by atoms with Crippen molar-refractivity contribution in [3.8, 4) is 0 Å². The summed E-state index contributed by atoms with van der Waals surface area (Å²) in [5, 5.41) is 11.8. The fourth-order valence-corrected chi connectivity index (χ4v) is 3.88. The summed E-state index contributed by atoms with van der Waals surface area (Å²) in [6.07, 6.45) is 0. The van der Waals surface area contributed by atoms with Crippen molar-refractivity contribution in [2.24, 2.45) is 10.9 Å². The van der Waals surface area contributed by atoms with Crippen molar-refractivity contribution in [1.29, 1.82) is 0 Å². The number of nitrogens with zero attached hydrogens (tertiary/aromatic N) is 2. The van der Waals surface area contributed by atoms with Crippen molar-refractivity contribution < 1.29 is 13.6 Å². The second-order valence-electron chi connectivity index (χ2n) is 4.34. The second kappa shape index (κ2) is 6.62.